The molecule has 1 saturated carbocycles. The molecule has 1 aromatic heterocycles. The van der Waals surface area contributed by atoms with E-state index in [1.165, 1.54) is 43.2 Å². The molecule has 0 bridgehead atoms. The van der Waals surface area contributed by atoms with Gasteiger partial charge in [-0.1, -0.05) is 25.3 Å². The van der Waals surface area contributed by atoms with Gasteiger partial charge in [-0.05, 0) is 55.9 Å². The molecule has 4 heteroatoms. The standard InChI is InChI=1S/C16H22N2S2/c1-12-6-7-13-14(10-12)18(15(19)17-13)11-16(20-2)8-4-3-5-9-16/h6-7,10H,3-5,8-9,11H2,1-2H3,(H,17,19). The van der Waals surface area contributed by atoms with Crippen molar-refractivity contribution in [1.82, 2.24) is 9.55 Å². The van der Waals surface area contributed by atoms with Crippen molar-refractivity contribution in [2.75, 3.05) is 6.26 Å². The fraction of sp³-hybridized carbons (Fsp3) is 0.562. The first-order valence-electron chi connectivity index (χ1n) is 7.38. The number of thioether (sulfide) groups is 1. The largest absolute Gasteiger partial charge is 0.331 e. The van der Waals surface area contributed by atoms with E-state index in [1.54, 1.807) is 0 Å². The minimum absolute atomic E-state index is 0.370. The van der Waals surface area contributed by atoms with Crippen LogP contribution in [0.25, 0.3) is 11.0 Å². The zero-order valence-electron chi connectivity index (χ0n) is 12.2. The highest BCUT2D eigenvalue weighted by Crippen LogP contribution is 2.40. The number of aromatic nitrogens is 2. The zero-order valence-corrected chi connectivity index (χ0v) is 13.9. The van der Waals surface area contributed by atoms with Gasteiger partial charge in [0.2, 0.25) is 0 Å². The van der Waals surface area contributed by atoms with Crippen molar-refractivity contribution < 1.29 is 0 Å². The molecule has 0 radical (unpaired) electrons. The van der Waals surface area contributed by atoms with Crippen molar-refractivity contribution in [3.8, 4) is 0 Å². The Labute approximate surface area is 130 Å². The summed E-state index contributed by atoms with van der Waals surface area (Å²) in [6.45, 7) is 3.18. The molecule has 0 unspecified atom stereocenters. The van der Waals surface area contributed by atoms with Crippen molar-refractivity contribution in [1.29, 1.82) is 0 Å². The van der Waals surface area contributed by atoms with Gasteiger partial charge < -0.3 is 9.55 Å². The molecule has 2 nitrogen and oxygen atoms in total. The van der Waals surface area contributed by atoms with Gasteiger partial charge in [0.25, 0.3) is 0 Å². The summed E-state index contributed by atoms with van der Waals surface area (Å²) in [6, 6.07) is 6.53. The SMILES string of the molecule is CSC1(Cn2c(=S)[nH]c3ccc(C)cc32)CCCCC1. The molecule has 0 amide bonds. The molecule has 1 aliphatic rings. The van der Waals surface area contributed by atoms with Crippen molar-refractivity contribution in [2.24, 2.45) is 0 Å². The molecule has 1 heterocycles. The highest BCUT2D eigenvalue weighted by Gasteiger charge is 2.32. The highest BCUT2D eigenvalue weighted by atomic mass is 32.2. The van der Waals surface area contributed by atoms with E-state index in [-0.39, 0.29) is 0 Å². The van der Waals surface area contributed by atoms with Gasteiger partial charge >= 0.3 is 0 Å². The molecule has 1 fully saturated rings. The molecule has 1 aliphatic carbocycles. The second-order valence-corrected chi connectivity index (χ2v) is 7.65. The van der Waals surface area contributed by atoms with E-state index in [1.807, 2.05) is 11.8 Å². The summed E-state index contributed by atoms with van der Waals surface area (Å²) in [7, 11) is 0. The number of rotatable bonds is 3. The van der Waals surface area contributed by atoms with Crippen molar-refractivity contribution in [3.05, 3.63) is 28.5 Å². The van der Waals surface area contributed by atoms with Crippen molar-refractivity contribution in [2.45, 2.75) is 50.3 Å². The van der Waals surface area contributed by atoms with Crippen LogP contribution in [0.1, 0.15) is 37.7 Å². The van der Waals surface area contributed by atoms with Gasteiger partial charge in [-0.15, -0.1) is 0 Å². The summed E-state index contributed by atoms with van der Waals surface area (Å²) in [5, 5.41) is 0. The van der Waals surface area contributed by atoms with Gasteiger partial charge in [0, 0.05) is 11.3 Å². The Morgan fingerprint density at radius 3 is 2.75 bits per heavy atom. The molecule has 108 valence electrons. The second-order valence-electron chi connectivity index (χ2n) is 5.98. The van der Waals surface area contributed by atoms with E-state index in [0.717, 1.165) is 16.8 Å². The van der Waals surface area contributed by atoms with Crippen LogP contribution in [-0.4, -0.2) is 20.6 Å². The predicted molar refractivity (Wildman–Crippen MR) is 91.2 cm³/mol. The monoisotopic (exact) mass is 306 g/mol. The average molecular weight is 307 g/mol. The van der Waals surface area contributed by atoms with Gasteiger partial charge in [-0.25, -0.2) is 0 Å². The number of imidazole rings is 1. The first kappa shape index (κ1) is 14.2. The first-order valence-corrected chi connectivity index (χ1v) is 9.01. The van der Waals surface area contributed by atoms with Gasteiger partial charge in [0.05, 0.1) is 11.0 Å². The van der Waals surface area contributed by atoms with Gasteiger partial charge in [-0.3, -0.25) is 0 Å². The molecule has 1 aromatic carbocycles. The summed E-state index contributed by atoms with van der Waals surface area (Å²) in [5.41, 5.74) is 3.71. The number of hydrogen-bond donors (Lipinski definition) is 1. The maximum absolute atomic E-state index is 5.56. The van der Waals surface area contributed by atoms with Gasteiger partial charge in [0.1, 0.15) is 0 Å². The highest BCUT2D eigenvalue weighted by molar-refractivity contribution is 8.00. The number of benzene rings is 1. The Bertz CT molecular complexity index is 663. The number of nitrogens with zero attached hydrogens (tertiary/aromatic N) is 1. The topological polar surface area (TPSA) is 20.7 Å². The lowest BCUT2D eigenvalue weighted by Crippen LogP contribution is -2.33. The molecule has 0 saturated heterocycles. The minimum Gasteiger partial charge on any atom is -0.331 e. The molecular weight excluding hydrogens is 284 g/mol. The summed E-state index contributed by atoms with van der Waals surface area (Å²) in [5.74, 6) is 0. The van der Waals surface area contributed by atoms with Crippen molar-refractivity contribution in [3.63, 3.8) is 0 Å². The summed E-state index contributed by atoms with van der Waals surface area (Å²) >= 11 is 7.59. The zero-order chi connectivity index (χ0) is 14.2. The number of fused-ring (bicyclic) bond motifs is 1. The van der Waals surface area contributed by atoms with E-state index in [0.29, 0.717) is 4.75 Å². The van der Waals surface area contributed by atoms with E-state index in [9.17, 15) is 0 Å². The third kappa shape index (κ3) is 2.56. The van der Waals surface area contributed by atoms with Crippen LogP contribution >= 0.6 is 24.0 Å². The Kier molecular flexibility index (Phi) is 3.95. The van der Waals surface area contributed by atoms with Gasteiger partial charge in [-0.2, -0.15) is 11.8 Å². The molecule has 3 rings (SSSR count). The third-order valence-electron chi connectivity index (χ3n) is 4.57. The number of nitrogens with one attached hydrogen (secondary N) is 1. The van der Waals surface area contributed by atoms with Crippen LogP contribution in [0.5, 0.6) is 0 Å². The average Bonchev–Trinajstić information content (AvgIpc) is 2.76. The molecule has 2 aromatic rings. The van der Waals surface area contributed by atoms with E-state index in [2.05, 4.69) is 40.9 Å². The number of H-pyrrole nitrogens is 1. The van der Waals surface area contributed by atoms with Gasteiger partial charge in [0.15, 0.2) is 4.77 Å². The Morgan fingerprint density at radius 1 is 1.30 bits per heavy atom. The van der Waals surface area contributed by atoms with E-state index >= 15 is 0 Å². The molecule has 0 atom stereocenters. The number of aryl methyl sites for hydroxylation is 1. The van der Waals surface area contributed by atoms with E-state index < -0.39 is 0 Å². The molecule has 1 N–H and O–H groups in total. The van der Waals surface area contributed by atoms with Crippen LogP contribution in [0.2, 0.25) is 0 Å². The lowest BCUT2D eigenvalue weighted by atomic mass is 9.88. The Balaban J connectivity index is 2.03. The predicted octanol–water partition coefficient (Wildman–Crippen LogP) is 5.07. The fourth-order valence-electron chi connectivity index (χ4n) is 3.33. The van der Waals surface area contributed by atoms with Crippen LogP contribution in [0, 0.1) is 11.7 Å². The van der Waals surface area contributed by atoms with Crippen LogP contribution < -0.4 is 0 Å². The van der Waals surface area contributed by atoms with E-state index in [4.69, 9.17) is 12.2 Å². The number of hydrogen-bond acceptors (Lipinski definition) is 2. The Hall–Kier alpha value is -0.740. The first-order chi connectivity index (χ1) is 9.63. The normalized spacial score (nSPS) is 18.5. The lowest BCUT2D eigenvalue weighted by Gasteiger charge is -2.36. The second kappa shape index (κ2) is 5.57. The summed E-state index contributed by atoms with van der Waals surface area (Å²) in [6.07, 6.45) is 8.99. The van der Waals surface area contributed by atoms with Crippen molar-refractivity contribution >= 4 is 35.0 Å². The maximum Gasteiger partial charge on any atom is 0.178 e. The smallest absolute Gasteiger partial charge is 0.178 e. The fourth-order valence-corrected chi connectivity index (χ4v) is 4.56. The summed E-state index contributed by atoms with van der Waals surface area (Å²) < 4.78 is 3.55. The molecule has 0 aliphatic heterocycles. The Morgan fingerprint density at radius 2 is 2.05 bits per heavy atom. The van der Waals surface area contributed by atoms with Crippen LogP contribution in [0.15, 0.2) is 18.2 Å². The summed E-state index contributed by atoms with van der Waals surface area (Å²) in [4.78, 5) is 3.35. The third-order valence-corrected chi connectivity index (χ3v) is 6.30. The molecule has 20 heavy (non-hydrogen) atoms. The van der Waals surface area contributed by atoms with Crippen LogP contribution in [-0.2, 0) is 6.54 Å². The number of aromatic amines is 1. The minimum atomic E-state index is 0.370. The van der Waals surface area contributed by atoms with Crippen LogP contribution in [0.4, 0.5) is 0 Å². The maximum atomic E-state index is 5.56. The lowest BCUT2D eigenvalue weighted by molar-refractivity contribution is 0.360. The molecule has 0 spiro atoms. The van der Waals surface area contributed by atoms with Crippen LogP contribution in [0.3, 0.4) is 0 Å². The molecular formula is C16H22N2S2. The quantitative estimate of drug-likeness (QED) is 0.799.